The zero-order chi connectivity index (χ0) is 19.4. The normalized spacial score (nSPS) is 19.0. The second-order valence-corrected chi connectivity index (χ2v) is 8.71. The van der Waals surface area contributed by atoms with Crippen molar-refractivity contribution in [2.75, 3.05) is 18.4 Å². The lowest BCUT2D eigenvalue weighted by atomic mass is 10.0. The van der Waals surface area contributed by atoms with Gasteiger partial charge >= 0.3 is 7.60 Å². The van der Waals surface area contributed by atoms with Gasteiger partial charge in [0.1, 0.15) is 0 Å². The molecule has 3 rings (SSSR count). The first-order chi connectivity index (χ1) is 12.9. The van der Waals surface area contributed by atoms with E-state index in [0.717, 1.165) is 28.9 Å². The third-order valence-corrected chi connectivity index (χ3v) is 6.54. The number of hydrogen-bond donors (Lipinski definition) is 3. The highest BCUT2D eigenvalue weighted by atomic mass is 31.2. The molecule has 6 heteroatoms. The van der Waals surface area contributed by atoms with E-state index in [4.69, 9.17) is 4.52 Å². The summed E-state index contributed by atoms with van der Waals surface area (Å²) in [7, 11) is -3.88. The summed E-state index contributed by atoms with van der Waals surface area (Å²) in [4.78, 5) is 10.5. The summed E-state index contributed by atoms with van der Waals surface area (Å²) in [5.74, 6) is 0. The summed E-state index contributed by atoms with van der Waals surface area (Å²) in [6.45, 7) is 6.80. The van der Waals surface area contributed by atoms with E-state index in [1.54, 1.807) is 6.92 Å². The molecule has 144 valence electrons. The molecule has 0 amide bonds. The van der Waals surface area contributed by atoms with Gasteiger partial charge in [-0.3, -0.25) is 4.57 Å². The molecular weight excluding hydrogens is 359 g/mol. The molecule has 0 bridgehead atoms. The summed E-state index contributed by atoms with van der Waals surface area (Å²) in [5, 5.41) is 7.06. The molecule has 3 N–H and O–H groups in total. The Kier molecular flexibility index (Phi) is 6.05. The van der Waals surface area contributed by atoms with Crippen LogP contribution in [0, 0.1) is 0 Å². The Morgan fingerprint density at radius 3 is 2.56 bits per heavy atom. The van der Waals surface area contributed by atoms with Crippen LogP contribution in [0.5, 0.6) is 0 Å². The van der Waals surface area contributed by atoms with Crippen molar-refractivity contribution in [1.82, 2.24) is 5.32 Å². The SMILES string of the molecule is CCC(C)OP(=O)(O)C(C)=C1NCCNc2cc(-c3ccccc3)ccc21. The molecule has 0 saturated heterocycles. The minimum Gasteiger partial charge on any atom is -0.383 e. The zero-order valence-electron chi connectivity index (χ0n) is 16.0. The van der Waals surface area contributed by atoms with Crippen LogP contribution in [0.15, 0.2) is 53.8 Å². The monoisotopic (exact) mass is 386 g/mol. The van der Waals surface area contributed by atoms with Gasteiger partial charge in [0.2, 0.25) is 0 Å². The molecule has 2 aromatic carbocycles. The Balaban J connectivity index is 2.04. The second kappa shape index (κ2) is 8.30. The van der Waals surface area contributed by atoms with E-state index < -0.39 is 7.60 Å². The van der Waals surface area contributed by atoms with Crippen LogP contribution < -0.4 is 10.6 Å². The van der Waals surface area contributed by atoms with Crippen LogP contribution in [0.2, 0.25) is 0 Å². The lowest BCUT2D eigenvalue weighted by molar-refractivity contribution is 0.190. The van der Waals surface area contributed by atoms with E-state index in [0.29, 0.717) is 24.0 Å². The van der Waals surface area contributed by atoms with Crippen LogP contribution in [-0.4, -0.2) is 24.1 Å². The Morgan fingerprint density at radius 2 is 1.85 bits per heavy atom. The quantitative estimate of drug-likeness (QED) is 0.627. The smallest absolute Gasteiger partial charge is 0.356 e. The number of nitrogens with one attached hydrogen (secondary N) is 2. The van der Waals surface area contributed by atoms with Crippen LogP contribution >= 0.6 is 7.60 Å². The van der Waals surface area contributed by atoms with Crippen molar-refractivity contribution < 1.29 is 14.0 Å². The van der Waals surface area contributed by atoms with Crippen molar-refractivity contribution in [1.29, 1.82) is 0 Å². The van der Waals surface area contributed by atoms with Gasteiger partial charge in [-0.25, -0.2) is 0 Å². The van der Waals surface area contributed by atoms with Crippen molar-refractivity contribution in [2.24, 2.45) is 0 Å². The van der Waals surface area contributed by atoms with E-state index in [2.05, 4.69) is 28.8 Å². The number of rotatable bonds is 5. The van der Waals surface area contributed by atoms with Gasteiger partial charge in [0, 0.05) is 24.3 Å². The molecule has 1 aliphatic heterocycles. The molecule has 0 aliphatic carbocycles. The van der Waals surface area contributed by atoms with E-state index >= 15 is 0 Å². The Labute approximate surface area is 161 Å². The number of hydrogen-bond acceptors (Lipinski definition) is 4. The molecule has 5 nitrogen and oxygen atoms in total. The molecule has 2 unspecified atom stereocenters. The minimum atomic E-state index is -3.88. The van der Waals surface area contributed by atoms with Crippen molar-refractivity contribution in [3.63, 3.8) is 0 Å². The Hall–Kier alpha value is -2.07. The molecule has 0 radical (unpaired) electrons. The van der Waals surface area contributed by atoms with Gasteiger partial charge in [-0.2, -0.15) is 0 Å². The van der Waals surface area contributed by atoms with Crippen molar-refractivity contribution in [3.05, 3.63) is 59.4 Å². The number of fused-ring (bicyclic) bond motifs is 1. The summed E-state index contributed by atoms with van der Waals surface area (Å²) in [6, 6.07) is 16.3. The lowest BCUT2D eigenvalue weighted by Gasteiger charge is -2.21. The molecule has 1 aliphatic rings. The van der Waals surface area contributed by atoms with Gasteiger partial charge in [-0.15, -0.1) is 0 Å². The first kappa shape index (κ1) is 19.7. The Bertz CT molecular complexity index is 880. The van der Waals surface area contributed by atoms with Crippen LogP contribution in [-0.2, 0) is 9.09 Å². The fourth-order valence-electron chi connectivity index (χ4n) is 3.06. The topological polar surface area (TPSA) is 70.6 Å². The van der Waals surface area contributed by atoms with Crippen LogP contribution in [0.4, 0.5) is 5.69 Å². The second-order valence-electron chi connectivity index (χ2n) is 6.79. The molecule has 0 spiro atoms. The van der Waals surface area contributed by atoms with Gasteiger partial charge in [-0.05, 0) is 37.5 Å². The molecule has 27 heavy (non-hydrogen) atoms. The fourth-order valence-corrected chi connectivity index (χ4v) is 4.34. The first-order valence-corrected chi connectivity index (χ1v) is 10.9. The third-order valence-electron chi connectivity index (χ3n) is 4.82. The molecule has 0 fully saturated rings. The highest BCUT2D eigenvalue weighted by molar-refractivity contribution is 7.57. The lowest BCUT2D eigenvalue weighted by Crippen LogP contribution is -2.18. The summed E-state index contributed by atoms with van der Waals surface area (Å²) < 4.78 is 18.3. The highest BCUT2D eigenvalue weighted by Gasteiger charge is 2.29. The van der Waals surface area contributed by atoms with Gasteiger partial charge < -0.3 is 20.1 Å². The Morgan fingerprint density at radius 1 is 1.15 bits per heavy atom. The maximum atomic E-state index is 12.8. The van der Waals surface area contributed by atoms with E-state index in [-0.39, 0.29) is 6.10 Å². The average molecular weight is 386 g/mol. The van der Waals surface area contributed by atoms with Gasteiger partial charge in [-0.1, -0.05) is 49.4 Å². The largest absolute Gasteiger partial charge is 0.383 e. The van der Waals surface area contributed by atoms with Crippen LogP contribution in [0.25, 0.3) is 16.8 Å². The summed E-state index contributed by atoms with van der Waals surface area (Å²) in [5.41, 5.74) is 4.73. The summed E-state index contributed by atoms with van der Waals surface area (Å²) in [6.07, 6.45) is 0.402. The molecule has 2 aromatic rings. The predicted octanol–water partition coefficient (Wildman–Crippen LogP) is 5.06. The zero-order valence-corrected chi connectivity index (χ0v) is 16.9. The number of benzene rings is 2. The first-order valence-electron chi connectivity index (χ1n) is 9.32. The molecule has 0 aromatic heterocycles. The van der Waals surface area contributed by atoms with Crippen LogP contribution in [0.3, 0.4) is 0 Å². The van der Waals surface area contributed by atoms with E-state index in [1.807, 2.05) is 44.2 Å². The average Bonchev–Trinajstić information content (AvgIpc) is 2.89. The van der Waals surface area contributed by atoms with Crippen molar-refractivity contribution >= 4 is 19.0 Å². The number of anilines is 1. The van der Waals surface area contributed by atoms with Gasteiger partial charge in [0.05, 0.1) is 17.1 Å². The molecular formula is C21H27N2O3P. The van der Waals surface area contributed by atoms with Gasteiger partial charge in [0.25, 0.3) is 0 Å². The molecule has 0 saturated carbocycles. The van der Waals surface area contributed by atoms with Crippen molar-refractivity contribution in [2.45, 2.75) is 33.3 Å². The van der Waals surface area contributed by atoms with E-state index in [1.165, 1.54) is 0 Å². The minimum absolute atomic E-state index is 0.278. The predicted molar refractivity (Wildman–Crippen MR) is 112 cm³/mol. The fraction of sp³-hybridized carbons (Fsp3) is 0.333. The standard InChI is InChI=1S/C21H27N2O3P/c1-4-15(2)26-27(24,25)16(3)21-19-11-10-18(17-8-6-5-7-9-17)14-20(19)22-12-13-23-21/h5-11,14-15,22-23H,4,12-13H2,1-3H3,(H,24,25). The highest BCUT2D eigenvalue weighted by Crippen LogP contribution is 2.54. The molecule has 2 atom stereocenters. The van der Waals surface area contributed by atoms with Gasteiger partial charge in [0.15, 0.2) is 0 Å². The number of allylic oxidation sites excluding steroid dienone is 1. The van der Waals surface area contributed by atoms with E-state index in [9.17, 15) is 9.46 Å². The molecule has 1 heterocycles. The maximum Gasteiger partial charge on any atom is 0.356 e. The third kappa shape index (κ3) is 4.44. The maximum absolute atomic E-state index is 12.8. The summed E-state index contributed by atoms with van der Waals surface area (Å²) >= 11 is 0. The van der Waals surface area contributed by atoms with Crippen LogP contribution in [0.1, 0.15) is 32.8 Å². The van der Waals surface area contributed by atoms with Crippen molar-refractivity contribution in [3.8, 4) is 11.1 Å².